The molecule has 0 bridgehead atoms. The average Bonchev–Trinajstić information content (AvgIpc) is 2.49. The number of nitrogens with two attached hydrogens (primary N) is 1. The zero-order valence-corrected chi connectivity index (χ0v) is 9.39. The molecule has 0 radical (unpaired) electrons. The zero-order valence-electron chi connectivity index (χ0n) is 8.57. The van der Waals surface area contributed by atoms with Crippen molar-refractivity contribution in [3.63, 3.8) is 0 Å². The molecule has 3 N–H and O–H groups in total. The average molecular weight is 213 g/mol. The van der Waals surface area contributed by atoms with Crippen LogP contribution in [0.1, 0.15) is 18.7 Å². The number of nitrogens with one attached hydrogen (secondary N) is 1. The van der Waals surface area contributed by atoms with Gasteiger partial charge < -0.3 is 11.1 Å². The van der Waals surface area contributed by atoms with Gasteiger partial charge in [-0.25, -0.2) is 4.98 Å². The number of carbonyl (C=O) groups excluding carboxylic acids is 1. The zero-order chi connectivity index (χ0) is 10.7. The number of anilines is 1. The molecule has 1 amide bonds. The van der Waals surface area contributed by atoms with Crippen LogP contribution >= 0.6 is 11.3 Å². The predicted molar refractivity (Wildman–Crippen MR) is 58.3 cm³/mol. The second kappa shape index (κ2) is 4.52. The van der Waals surface area contributed by atoms with Gasteiger partial charge in [0.25, 0.3) is 0 Å². The van der Waals surface area contributed by atoms with Gasteiger partial charge in [0, 0.05) is 17.1 Å². The highest BCUT2D eigenvalue weighted by molar-refractivity contribution is 7.15. The number of nitrogens with zero attached hydrogens (tertiary/aromatic N) is 1. The van der Waals surface area contributed by atoms with Crippen LogP contribution < -0.4 is 11.1 Å². The Balaban J connectivity index is 2.57. The van der Waals surface area contributed by atoms with E-state index in [0.717, 1.165) is 4.88 Å². The highest BCUT2D eigenvalue weighted by Crippen LogP contribution is 2.17. The fourth-order valence-electron chi connectivity index (χ4n) is 0.871. The third kappa shape index (κ3) is 2.78. The molecular formula is C9H15N3OS. The first kappa shape index (κ1) is 11.1. The summed E-state index contributed by atoms with van der Waals surface area (Å²) >= 11 is 1.46. The fourth-order valence-corrected chi connectivity index (χ4v) is 1.54. The topological polar surface area (TPSA) is 68.0 Å². The quantitative estimate of drug-likeness (QED) is 0.797. The Morgan fingerprint density at radius 1 is 1.64 bits per heavy atom. The summed E-state index contributed by atoms with van der Waals surface area (Å²) in [5.74, 6) is -0.270. The van der Waals surface area contributed by atoms with E-state index < -0.39 is 0 Å². The van der Waals surface area contributed by atoms with Gasteiger partial charge in [-0.05, 0) is 13.8 Å². The molecule has 1 aromatic rings. The van der Waals surface area contributed by atoms with Gasteiger partial charge in [-0.2, -0.15) is 0 Å². The highest BCUT2D eigenvalue weighted by Gasteiger charge is 2.17. The van der Waals surface area contributed by atoms with E-state index in [2.05, 4.69) is 10.3 Å². The van der Waals surface area contributed by atoms with Crippen molar-refractivity contribution in [1.29, 1.82) is 0 Å². The maximum absolute atomic E-state index is 11.5. The van der Waals surface area contributed by atoms with Gasteiger partial charge in [0.15, 0.2) is 5.13 Å². The Labute approximate surface area is 87.5 Å². The lowest BCUT2D eigenvalue weighted by atomic mass is 10.0. The summed E-state index contributed by atoms with van der Waals surface area (Å²) in [5.41, 5.74) is 5.62. The van der Waals surface area contributed by atoms with Gasteiger partial charge in [-0.15, -0.1) is 11.3 Å². The lowest BCUT2D eigenvalue weighted by molar-refractivity contribution is -0.119. The molecule has 1 aromatic heterocycles. The van der Waals surface area contributed by atoms with E-state index in [1.165, 1.54) is 11.3 Å². The Bertz CT molecular complexity index is 322. The summed E-state index contributed by atoms with van der Waals surface area (Å²) < 4.78 is 0. The molecule has 0 aliphatic rings. The normalized spacial score (nSPS) is 14.9. The second-order valence-electron chi connectivity index (χ2n) is 3.41. The van der Waals surface area contributed by atoms with E-state index in [0.29, 0.717) is 5.13 Å². The van der Waals surface area contributed by atoms with Gasteiger partial charge in [0.1, 0.15) is 0 Å². The van der Waals surface area contributed by atoms with Crippen LogP contribution in [0.25, 0.3) is 0 Å². The molecule has 0 fully saturated rings. The Kier molecular flexibility index (Phi) is 3.60. The molecular weight excluding hydrogens is 198 g/mol. The van der Waals surface area contributed by atoms with Crippen LogP contribution in [0.2, 0.25) is 0 Å². The summed E-state index contributed by atoms with van der Waals surface area (Å²) in [7, 11) is 0. The van der Waals surface area contributed by atoms with Crippen molar-refractivity contribution in [1.82, 2.24) is 4.98 Å². The van der Waals surface area contributed by atoms with Crippen molar-refractivity contribution in [3.8, 4) is 0 Å². The molecule has 0 saturated heterocycles. The first-order chi connectivity index (χ1) is 6.50. The molecule has 2 unspecified atom stereocenters. The number of amides is 1. The van der Waals surface area contributed by atoms with Crippen LogP contribution in [-0.2, 0) is 4.79 Å². The van der Waals surface area contributed by atoms with E-state index in [9.17, 15) is 4.79 Å². The minimum absolute atomic E-state index is 0.0747. The summed E-state index contributed by atoms with van der Waals surface area (Å²) in [5, 5.41) is 3.37. The lowest BCUT2D eigenvalue weighted by Gasteiger charge is -2.13. The van der Waals surface area contributed by atoms with Crippen molar-refractivity contribution in [2.75, 3.05) is 5.32 Å². The van der Waals surface area contributed by atoms with E-state index in [-0.39, 0.29) is 17.9 Å². The lowest BCUT2D eigenvalue weighted by Crippen LogP contribution is -2.34. The third-order valence-corrected chi connectivity index (χ3v) is 2.88. The number of hydrogen-bond acceptors (Lipinski definition) is 4. The second-order valence-corrected chi connectivity index (χ2v) is 4.65. The van der Waals surface area contributed by atoms with Crippen LogP contribution in [0.3, 0.4) is 0 Å². The molecule has 5 heteroatoms. The maximum Gasteiger partial charge on any atom is 0.230 e. The number of rotatable bonds is 3. The SMILES string of the molecule is Cc1cnc(NC(=O)C(C)C(C)N)s1. The number of carbonyl (C=O) groups is 1. The number of aryl methyl sites for hydroxylation is 1. The van der Waals surface area contributed by atoms with Gasteiger partial charge >= 0.3 is 0 Å². The van der Waals surface area contributed by atoms with Crippen molar-refractivity contribution >= 4 is 22.4 Å². The summed E-state index contributed by atoms with van der Waals surface area (Å²) in [6.07, 6.45) is 1.73. The van der Waals surface area contributed by atoms with Crippen LogP contribution in [-0.4, -0.2) is 16.9 Å². The molecule has 0 aliphatic heterocycles. The van der Waals surface area contributed by atoms with Crippen molar-refractivity contribution in [3.05, 3.63) is 11.1 Å². The molecule has 0 saturated carbocycles. The maximum atomic E-state index is 11.5. The number of aromatic nitrogens is 1. The van der Waals surface area contributed by atoms with E-state index >= 15 is 0 Å². The first-order valence-electron chi connectivity index (χ1n) is 4.49. The van der Waals surface area contributed by atoms with Crippen molar-refractivity contribution in [2.24, 2.45) is 11.7 Å². The molecule has 2 atom stereocenters. The van der Waals surface area contributed by atoms with Gasteiger partial charge in [-0.3, -0.25) is 4.79 Å². The number of thiazole rings is 1. The minimum Gasteiger partial charge on any atom is -0.327 e. The first-order valence-corrected chi connectivity index (χ1v) is 5.31. The number of hydrogen-bond donors (Lipinski definition) is 2. The van der Waals surface area contributed by atoms with Gasteiger partial charge in [0.2, 0.25) is 5.91 Å². The third-order valence-electron chi connectivity index (χ3n) is 2.05. The summed E-state index contributed by atoms with van der Waals surface area (Å²) in [6.45, 7) is 5.57. The largest absolute Gasteiger partial charge is 0.327 e. The Morgan fingerprint density at radius 2 is 2.29 bits per heavy atom. The van der Waals surface area contributed by atoms with Crippen LogP contribution in [0.5, 0.6) is 0 Å². The molecule has 78 valence electrons. The van der Waals surface area contributed by atoms with Crippen LogP contribution in [0.15, 0.2) is 6.20 Å². The summed E-state index contributed by atoms with van der Waals surface area (Å²) in [6, 6.07) is -0.143. The predicted octanol–water partition coefficient (Wildman–Crippen LogP) is 1.37. The van der Waals surface area contributed by atoms with Crippen LogP contribution in [0, 0.1) is 12.8 Å². The smallest absolute Gasteiger partial charge is 0.230 e. The highest BCUT2D eigenvalue weighted by atomic mass is 32.1. The molecule has 0 spiro atoms. The van der Waals surface area contributed by atoms with Crippen molar-refractivity contribution < 1.29 is 4.79 Å². The standard InChI is InChI=1S/C9H15N3OS/c1-5-4-11-9(14-5)12-8(13)6(2)7(3)10/h4,6-7H,10H2,1-3H3,(H,11,12,13). The fraction of sp³-hybridized carbons (Fsp3) is 0.556. The molecule has 0 aliphatic carbocycles. The van der Waals surface area contributed by atoms with E-state index in [1.54, 1.807) is 13.1 Å². The van der Waals surface area contributed by atoms with Crippen LogP contribution in [0.4, 0.5) is 5.13 Å². The molecule has 14 heavy (non-hydrogen) atoms. The van der Waals surface area contributed by atoms with Gasteiger partial charge in [0.05, 0.1) is 5.92 Å². The molecule has 4 nitrogen and oxygen atoms in total. The van der Waals surface area contributed by atoms with E-state index in [4.69, 9.17) is 5.73 Å². The van der Waals surface area contributed by atoms with Crippen molar-refractivity contribution in [2.45, 2.75) is 26.8 Å². The minimum atomic E-state index is -0.195. The molecule has 1 heterocycles. The Hall–Kier alpha value is -0.940. The molecule has 0 aromatic carbocycles. The van der Waals surface area contributed by atoms with E-state index in [1.807, 2.05) is 13.8 Å². The Morgan fingerprint density at radius 3 is 2.71 bits per heavy atom. The monoisotopic (exact) mass is 213 g/mol. The summed E-state index contributed by atoms with van der Waals surface area (Å²) in [4.78, 5) is 16.7. The van der Waals surface area contributed by atoms with Gasteiger partial charge in [-0.1, -0.05) is 6.92 Å². The molecule has 1 rings (SSSR count).